The van der Waals surface area contributed by atoms with Gasteiger partial charge < -0.3 is 14.5 Å². The van der Waals surface area contributed by atoms with Gasteiger partial charge in [-0.15, -0.1) is 0 Å². The lowest BCUT2D eigenvalue weighted by atomic mass is 10.1. The van der Waals surface area contributed by atoms with E-state index in [0.29, 0.717) is 26.1 Å². The molecule has 0 saturated carbocycles. The third kappa shape index (κ3) is 3.81. The Bertz CT molecular complexity index is 1030. The molecular weight excluding hydrogens is 364 g/mol. The van der Waals surface area contributed by atoms with Crippen molar-refractivity contribution in [2.24, 2.45) is 5.92 Å². The van der Waals surface area contributed by atoms with Crippen molar-refractivity contribution in [2.75, 3.05) is 29.5 Å². The molecule has 0 bridgehead atoms. The van der Waals surface area contributed by atoms with Crippen LogP contribution in [0.2, 0.25) is 0 Å². The van der Waals surface area contributed by atoms with Gasteiger partial charge in [-0.05, 0) is 30.0 Å². The molecule has 1 atom stereocenters. The van der Waals surface area contributed by atoms with E-state index < -0.39 is 0 Å². The van der Waals surface area contributed by atoms with Crippen LogP contribution in [-0.4, -0.2) is 32.0 Å². The molecule has 2 amide bonds. The first kappa shape index (κ1) is 19.0. The maximum Gasteiger partial charge on any atom is 0.231 e. The average molecular weight is 388 g/mol. The number of carbonyl (C=O) groups is 2. The molecule has 148 valence electrons. The molecule has 4 rings (SSSR count). The quantitative estimate of drug-likeness (QED) is 0.468. The summed E-state index contributed by atoms with van der Waals surface area (Å²) in [6.07, 6.45) is 1.49. The lowest BCUT2D eigenvalue weighted by Crippen LogP contribution is -2.37. The summed E-state index contributed by atoms with van der Waals surface area (Å²) in [6.45, 7) is 3.30. The van der Waals surface area contributed by atoms with Crippen molar-refractivity contribution in [1.29, 1.82) is 0 Å². The van der Waals surface area contributed by atoms with Crippen LogP contribution < -0.4 is 14.5 Å². The fourth-order valence-corrected chi connectivity index (χ4v) is 3.85. The van der Waals surface area contributed by atoms with Crippen molar-refractivity contribution in [3.05, 3.63) is 66.7 Å². The third-order valence-electron chi connectivity index (χ3n) is 5.30. The predicted octanol–water partition coefficient (Wildman–Crippen LogP) is 4.25. The van der Waals surface area contributed by atoms with E-state index in [0.717, 1.165) is 34.3 Å². The van der Waals surface area contributed by atoms with Crippen molar-refractivity contribution in [3.63, 3.8) is 0 Å². The largest absolute Gasteiger partial charge is 0.493 e. The molecule has 3 aromatic rings. The van der Waals surface area contributed by atoms with Gasteiger partial charge in [0.15, 0.2) is 0 Å². The molecule has 0 fully saturated rings. The van der Waals surface area contributed by atoms with Gasteiger partial charge in [0, 0.05) is 18.5 Å². The van der Waals surface area contributed by atoms with Gasteiger partial charge in [-0.1, -0.05) is 55.5 Å². The smallest absolute Gasteiger partial charge is 0.231 e. The van der Waals surface area contributed by atoms with Crippen molar-refractivity contribution in [1.82, 2.24) is 0 Å². The second-order valence-corrected chi connectivity index (χ2v) is 7.32. The second-order valence-electron chi connectivity index (χ2n) is 7.32. The molecule has 0 spiro atoms. The zero-order valence-corrected chi connectivity index (χ0v) is 16.5. The summed E-state index contributed by atoms with van der Waals surface area (Å²) in [4.78, 5) is 27.9. The fourth-order valence-electron chi connectivity index (χ4n) is 3.85. The molecule has 1 heterocycles. The summed E-state index contributed by atoms with van der Waals surface area (Å²) in [6, 6.07) is 21.7. The number of benzene rings is 3. The molecule has 29 heavy (non-hydrogen) atoms. The van der Waals surface area contributed by atoms with E-state index in [9.17, 15) is 9.59 Å². The first-order chi connectivity index (χ1) is 14.2. The molecule has 0 aliphatic carbocycles. The fraction of sp³-hybridized carbons (Fsp3) is 0.250. The van der Waals surface area contributed by atoms with Crippen LogP contribution in [0, 0.1) is 5.92 Å². The Balaban J connectivity index is 1.48. The van der Waals surface area contributed by atoms with Gasteiger partial charge in [0.25, 0.3) is 0 Å². The van der Waals surface area contributed by atoms with Crippen LogP contribution in [0.4, 0.5) is 11.4 Å². The summed E-state index contributed by atoms with van der Waals surface area (Å²) >= 11 is 0. The van der Waals surface area contributed by atoms with E-state index in [1.165, 1.54) is 0 Å². The molecule has 1 unspecified atom stereocenters. The molecule has 0 aromatic heterocycles. The zero-order chi connectivity index (χ0) is 20.2. The van der Waals surface area contributed by atoms with Crippen LogP contribution in [0.1, 0.15) is 13.3 Å². The predicted molar refractivity (Wildman–Crippen MR) is 115 cm³/mol. The van der Waals surface area contributed by atoms with Gasteiger partial charge in [-0.25, -0.2) is 0 Å². The Kier molecular flexibility index (Phi) is 5.47. The van der Waals surface area contributed by atoms with E-state index in [1.54, 1.807) is 9.80 Å². The first-order valence-corrected chi connectivity index (χ1v) is 9.92. The van der Waals surface area contributed by atoms with Crippen molar-refractivity contribution < 1.29 is 14.3 Å². The normalized spacial score (nSPS) is 16.4. The highest BCUT2D eigenvalue weighted by Crippen LogP contribution is 2.33. The summed E-state index contributed by atoms with van der Waals surface area (Å²) in [5, 5.41) is 2.23. The summed E-state index contributed by atoms with van der Waals surface area (Å²) in [7, 11) is 0. The van der Waals surface area contributed by atoms with E-state index in [-0.39, 0.29) is 11.8 Å². The topological polar surface area (TPSA) is 49.9 Å². The average Bonchev–Trinajstić information content (AvgIpc) is 2.86. The third-order valence-corrected chi connectivity index (χ3v) is 5.30. The number of nitrogens with zero attached hydrogens (tertiary/aromatic N) is 2. The maximum atomic E-state index is 13.0. The van der Waals surface area contributed by atoms with E-state index in [4.69, 9.17) is 4.74 Å². The molecule has 1 aliphatic rings. The van der Waals surface area contributed by atoms with Crippen molar-refractivity contribution in [3.8, 4) is 5.75 Å². The molecule has 5 nitrogen and oxygen atoms in total. The molecular formula is C24H24N2O3. The molecule has 1 aliphatic heterocycles. The van der Waals surface area contributed by atoms with Crippen LogP contribution >= 0.6 is 0 Å². The number of hydrogen-bond acceptors (Lipinski definition) is 3. The minimum Gasteiger partial charge on any atom is -0.493 e. The van der Waals surface area contributed by atoms with Crippen molar-refractivity contribution >= 4 is 34.5 Å². The van der Waals surface area contributed by atoms with Gasteiger partial charge in [0.05, 0.1) is 23.9 Å². The van der Waals surface area contributed by atoms with Gasteiger partial charge in [0.2, 0.25) is 12.3 Å². The van der Waals surface area contributed by atoms with Crippen LogP contribution in [0.5, 0.6) is 5.75 Å². The Labute approximate surface area is 170 Å². The number of hydrogen-bond donors (Lipinski definition) is 0. The molecule has 0 N–H and O–H groups in total. The molecule has 0 radical (unpaired) electrons. The Morgan fingerprint density at radius 2 is 1.72 bits per heavy atom. The summed E-state index contributed by atoms with van der Waals surface area (Å²) < 4.78 is 6.03. The van der Waals surface area contributed by atoms with Crippen molar-refractivity contribution in [2.45, 2.75) is 13.3 Å². The highest BCUT2D eigenvalue weighted by Gasteiger charge is 2.30. The molecule has 0 saturated heterocycles. The number of anilines is 2. The number of amides is 2. The summed E-state index contributed by atoms with van der Waals surface area (Å²) in [5.74, 6) is 0.629. The SMILES string of the molecule is CC1CN(C=O)c2ccccc2N(CCCOc2cccc3ccccc23)C1=O. The standard InChI is InChI=1S/C24H24N2O3/c1-18-16-25(17-27)21-11-4-5-12-22(21)26(24(18)28)14-7-15-29-23-13-6-9-19-8-2-3-10-20(19)23/h2-6,8-13,17-18H,7,14-16H2,1H3. The number of ether oxygens (including phenoxy) is 1. The second kappa shape index (κ2) is 8.35. The number of carbonyl (C=O) groups excluding carboxylic acids is 2. The minimum atomic E-state index is -0.258. The highest BCUT2D eigenvalue weighted by molar-refractivity contribution is 6.02. The van der Waals surface area contributed by atoms with Crippen LogP contribution in [0.15, 0.2) is 66.7 Å². The highest BCUT2D eigenvalue weighted by atomic mass is 16.5. The van der Waals surface area contributed by atoms with Gasteiger partial charge in [0.1, 0.15) is 5.75 Å². The lowest BCUT2D eigenvalue weighted by molar-refractivity contribution is -0.121. The number of fused-ring (bicyclic) bond motifs is 2. The zero-order valence-electron chi connectivity index (χ0n) is 16.5. The Morgan fingerprint density at radius 3 is 2.55 bits per heavy atom. The minimum absolute atomic E-state index is 0.0342. The number of rotatable bonds is 6. The van der Waals surface area contributed by atoms with Gasteiger partial charge in [-0.3, -0.25) is 9.59 Å². The van der Waals surface area contributed by atoms with Crippen LogP contribution in [0.25, 0.3) is 10.8 Å². The van der Waals surface area contributed by atoms with E-state index >= 15 is 0 Å². The van der Waals surface area contributed by atoms with Crippen LogP contribution in [0.3, 0.4) is 0 Å². The van der Waals surface area contributed by atoms with Crippen LogP contribution in [-0.2, 0) is 9.59 Å². The Hall–Kier alpha value is -3.34. The molecule has 3 aromatic carbocycles. The lowest BCUT2D eigenvalue weighted by Gasteiger charge is -2.24. The first-order valence-electron chi connectivity index (χ1n) is 9.92. The number of para-hydroxylation sites is 2. The Morgan fingerprint density at radius 1 is 1.00 bits per heavy atom. The maximum absolute atomic E-state index is 13.0. The summed E-state index contributed by atoms with van der Waals surface area (Å²) in [5.41, 5.74) is 1.55. The van der Waals surface area contributed by atoms with E-state index in [1.807, 2.05) is 55.5 Å². The molecule has 5 heteroatoms. The van der Waals surface area contributed by atoms with E-state index in [2.05, 4.69) is 18.2 Å². The monoisotopic (exact) mass is 388 g/mol. The van der Waals surface area contributed by atoms with Gasteiger partial charge in [-0.2, -0.15) is 0 Å². The van der Waals surface area contributed by atoms with Gasteiger partial charge >= 0.3 is 0 Å².